The second kappa shape index (κ2) is 5.79. The van der Waals surface area contributed by atoms with Crippen molar-refractivity contribution in [1.82, 2.24) is 5.20 Å². The Hall–Kier alpha value is 1.05. The lowest BCUT2D eigenvalue weighted by Gasteiger charge is -2.14. The van der Waals surface area contributed by atoms with Crippen LogP contribution in [-0.4, -0.2) is 9.79 Å². The first kappa shape index (κ1) is 15.1. The highest BCUT2D eigenvalue weighted by molar-refractivity contribution is 9.14. The molecule has 90 valence electrons. The lowest BCUT2D eigenvalue weighted by atomic mass is 10.3. The van der Waals surface area contributed by atoms with Gasteiger partial charge in [-0.25, -0.2) is 4.57 Å². The number of anilines is 1. The molecule has 0 unspecified atom stereocenters. The zero-order valence-corrected chi connectivity index (χ0v) is 14.6. The van der Waals surface area contributed by atoms with Gasteiger partial charge in [0.15, 0.2) is 0 Å². The van der Waals surface area contributed by atoms with Gasteiger partial charge in [0.05, 0.1) is 10.2 Å². The van der Waals surface area contributed by atoms with Crippen molar-refractivity contribution in [3.8, 4) is 0 Å². The van der Waals surface area contributed by atoms with Gasteiger partial charge >= 0.3 is 7.75 Å². The largest absolute Gasteiger partial charge is 0.417 e. The Morgan fingerprint density at radius 2 is 1.62 bits per heavy atom. The van der Waals surface area contributed by atoms with Gasteiger partial charge in [0, 0.05) is 13.4 Å². The normalized spacial score (nSPS) is 11.6. The van der Waals surface area contributed by atoms with Crippen molar-refractivity contribution in [3.63, 3.8) is 0 Å². The van der Waals surface area contributed by atoms with E-state index in [-0.39, 0.29) is 0 Å². The van der Waals surface area contributed by atoms with E-state index in [0.29, 0.717) is 14.6 Å². The molecule has 0 radical (unpaired) electrons. The highest BCUT2D eigenvalue weighted by Crippen LogP contribution is 2.42. The summed E-state index contributed by atoms with van der Waals surface area (Å²) >= 11 is 13.2. The Morgan fingerprint density at radius 3 is 2.12 bits per heavy atom. The summed E-state index contributed by atoms with van der Waals surface area (Å²) in [5.41, 5.74) is 2.90. The van der Waals surface area contributed by atoms with E-state index in [0.717, 1.165) is 8.95 Å². The van der Waals surface area contributed by atoms with Gasteiger partial charge in [-0.2, -0.15) is 0 Å². The predicted octanol–water partition coefficient (Wildman–Crippen LogP) is 3.75. The van der Waals surface area contributed by atoms with Crippen molar-refractivity contribution in [3.05, 3.63) is 24.0 Å². The number of hydrogen-bond donors (Lipinski definition) is 4. The number of hydrazine groups is 1. The number of rotatable bonds is 3. The van der Waals surface area contributed by atoms with Gasteiger partial charge in [-0.05, 0) is 69.8 Å². The highest BCUT2D eigenvalue weighted by Gasteiger charge is 2.16. The Bertz CT molecular complexity index is 464. The van der Waals surface area contributed by atoms with Gasteiger partial charge in [-0.3, -0.25) is 0 Å². The Labute approximate surface area is 125 Å². The molecule has 5 nitrogen and oxygen atoms in total. The first-order valence-corrected chi connectivity index (χ1v) is 8.42. The average Bonchev–Trinajstić information content (AvgIpc) is 2.12. The van der Waals surface area contributed by atoms with Gasteiger partial charge in [0.25, 0.3) is 0 Å². The van der Waals surface area contributed by atoms with Crippen LogP contribution in [0.1, 0.15) is 0 Å². The molecule has 0 amide bonds. The fourth-order valence-electron chi connectivity index (χ4n) is 0.810. The summed E-state index contributed by atoms with van der Waals surface area (Å²) in [5.74, 6) is 0. The molecule has 0 atom stereocenters. The topological polar surface area (TPSA) is 81.6 Å². The van der Waals surface area contributed by atoms with E-state index in [4.69, 9.17) is 9.79 Å². The molecular weight excluding hydrogens is 499 g/mol. The highest BCUT2D eigenvalue weighted by atomic mass is 79.9. The van der Waals surface area contributed by atoms with Crippen LogP contribution in [0.4, 0.5) is 5.69 Å². The molecule has 0 aliphatic heterocycles. The van der Waals surface area contributed by atoms with Crippen molar-refractivity contribution >= 4 is 77.2 Å². The molecule has 0 saturated heterocycles. The minimum atomic E-state index is -4.33. The Morgan fingerprint density at radius 1 is 1.06 bits per heavy atom. The molecule has 4 N–H and O–H groups in total. The number of halogens is 4. The van der Waals surface area contributed by atoms with Gasteiger partial charge < -0.3 is 15.2 Å². The van der Waals surface area contributed by atoms with Crippen LogP contribution in [0, 0.1) is 0 Å². The molecule has 0 fully saturated rings. The fraction of sp³-hybridized carbons (Fsp3) is 0. The summed E-state index contributed by atoms with van der Waals surface area (Å²) in [6, 6.07) is 1.73. The first-order valence-electron chi connectivity index (χ1n) is 3.64. The molecule has 0 spiro atoms. The van der Waals surface area contributed by atoms with Crippen LogP contribution in [0.15, 0.2) is 24.0 Å². The molecule has 0 heterocycles. The van der Waals surface area contributed by atoms with Gasteiger partial charge in [0.2, 0.25) is 0 Å². The molecule has 0 saturated carbocycles. The first-order chi connectivity index (χ1) is 7.22. The molecule has 10 heteroatoms. The number of nitrogens with one attached hydrogen (secondary N) is 2. The smallest absolute Gasteiger partial charge is 0.311 e. The third-order valence-electron chi connectivity index (χ3n) is 1.44. The summed E-state index contributed by atoms with van der Waals surface area (Å²) in [6.45, 7) is 0. The standard InChI is InChI=1S/C6H5Br4N2O3P/c7-2-1-3(8)6(5(10)4(2)9)11-12-16(13,14)15/h1,11H,(H3,12,13,14,15). The molecule has 0 aliphatic carbocycles. The third-order valence-corrected chi connectivity index (χ3v) is 5.78. The van der Waals surface area contributed by atoms with E-state index < -0.39 is 7.75 Å². The second-order valence-corrected chi connectivity index (χ2v) is 7.23. The SMILES string of the molecule is O=P(O)(O)NNc1c(Br)cc(Br)c(Br)c1Br. The van der Waals surface area contributed by atoms with Crippen molar-refractivity contribution in [2.75, 3.05) is 5.43 Å². The third kappa shape index (κ3) is 4.06. The molecule has 0 aromatic heterocycles. The monoisotopic (exact) mass is 500 g/mol. The van der Waals surface area contributed by atoms with Crippen molar-refractivity contribution in [2.45, 2.75) is 0 Å². The van der Waals surface area contributed by atoms with Crippen LogP contribution in [0.3, 0.4) is 0 Å². The number of benzene rings is 1. The maximum Gasteiger partial charge on any atom is 0.417 e. The minimum absolute atomic E-state index is 0.471. The fourth-order valence-corrected chi connectivity index (χ4v) is 3.70. The molecule has 1 aromatic rings. The molecule has 1 rings (SSSR count). The quantitative estimate of drug-likeness (QED) is 0.219. The van der Waals surface area contributed by atoms with Crippen molar-refractivity contribution in [2.24, 2.45) is 0 Å². The van der Waals surface area contributed by atoms with E-state index in [2.05, 4.69) is 69.1 Å². The van der Waals surface area contributed by atoms with Crippen LogP contribution < -0.4 is 10.6 Å². The van der Waals surface area contributed by atoms with E-state index in [1.807, 2.05) is 5.20 Å². The van der Waals surface area contributed by atoms with Crippen LogP contribution in [0.25, 0.3) is 0 Å². The molecule has 1 aromatic carbocycles. The molecular formula is C6H5Br4N2O3P. The van der Waals surface area contributed by atoms with Crippen LogP contribution in [0.2, 0.25) is 0 Å². The zero-order chi connectivity index (χ0) is 12.5. The molecule has 16 heavy (non-hydrogen) atoms. The summed E-state index contributed by atoms with van der Waals surface area (Å²) in [7, 11) is -4.33. The van der Waals surface area contributed by atoms with Gasteiger partial charge in [0.1, 0.15) is 0 Å². The summed E-state index contributed by atoms with van der Waals surface area (Å²) < 4.78 is 13.4. The maximum absolute atomic E-state index is 10.6. The van der Waals surface area contributed by atoms with Crippen LogP contribution in [-0.2, 0) is 4.57 Å². The zero-order valence-electron chi connectivity index (χ0n) is 7.34. The lowest BCUT2D eigenvalue weighted by Crippen LogP contribution is -2.18. The predicted molar refractivity (Wildman–Crippen MR) is 76.0 cm³/mol. The maximum atomic E-state index is 10.6. The minimum Gasteiger partial charge on any atom is -0.311 e. The van der Waals surface area contributed by atoms with E-state index in [1.165, 1.54) is 0 Å². The lowest BCUT2D eigenvalue weighted by molar-refractivity contribution is 0.362. The van der Waals surface area contributed by atoms with Gasteiger partial charge in [-0.1, -0.05) is 0 Å². The molecule has 0 aliphatic rings. The Kier molecular flexibility index (Phi) is 5.47. The van der Waals surface area contributed by atoms with E-state index >= 15 is 0 Å². The molecule has 0 bridgehead atoms. The van der Waals surface area contributed by atoms with E-state index in [9.17, 15) is 4.57 Å². The second-order valence-electron chi connectivity index (χ2n) is 2.62. The summed E-state index contributed by atoms with van der Waals surface area (Å²) in [4.78, 5) is 17.3. The van der Waals surface area contributed by atoms with Crippen LogP contribution in [0.5, 0.6) is 0 Å². The van der Waals surface area contributed by atoms with Crippen molar-refractivity contribution < 1.29 is 14.4 Å². The van der Waals surface area contributed by atoms with Gasteiger partial charge in [-0.15, -0.1) is 5.20 Å². The summed E-state index contributed by atoms with van der Waals surface area (Å²) in [6.07, 6.45) is 0. The van der Waals surface area contributed by atoms with Crippen LogP contribution >= 0.6 is 71.5 Å². The van der Waals surface area contributed by atoms with Crippen molar-refractivity contribution in [1.29, 1.82) is 0 Å². The number of hydrogen-bond acceptors (Lipinski definition) is 2. The Balaban J connectivity index is 3.06. The average molecular weight is 504 g/mol. The van der Waals surface area contributed by atoms with E-state index in [1.54, 1.807) is 6.07 Å². The summed E-state index contributed by atoms with van der Waals surface area (Å²) in [5, 5.41) is 1.89.